The van der Waals surface area contributed by atoms with Crippen LogP contribution in [-0.2, 0) is 4.74 Å². The van der Waals surface area contributed by atoms with Crippen LogP contribution in [0.1, 0.15) is 48.5 Å². The summed E-state index contributed by atoms with van der Waals surface area (Å²) in [5, 5.41) is 22.4. The quantitative estimate of drug-likeness (QED) is 0.431. The highest BCUT2D eigenvalue weighted by Crippen LogP contribution is 2.48. The topological polar surface area (TPSA) is 118 Å². The van der Waals surface area contributed by atoms with Gasteiger partial charge in [0.05, 0.1) is 30.3 Å². The van der Waals surface area contributed by atoms with Gasteiger partial charge in [-0.2, -0.15) is 26.2 Å². The smallest absolute Gasteiger partial charge is 0.435 e. The number of hydrogen-bond acceptors (Lipinski definition) is 8. The zero-order chi connectivity index (χ0) is 24.9. The molecule has 0 saturated carbocycles. The van der Waals surface area contributed by atoms with Crippen LogP contribution in [0.5, 0.6) is 11.5 Å². The Labute approximate surface area is 204 Å². The Kier molecular flexibility index (Phi) is 5.36. The van der Waals surface area contributed by atoms with E-state index in [9.17, 15) is 14.7 Å². The average molecular weight is 495 g/mol. The highest BCUT2D eigenvalue weighted by atomic mass is 32.1. The number of fused-ring (bicyclic) bond motifs is 3. The summed E-state index contributed by atoms with van der Waals surface area (Å²) in [7, 11) is 1.55. The van der Waals surface area contributed by atoms with Crippen molar-refractivity contribution in [2.75, 3.05) is 7.11 Å². The van der Waals surface area contributed by atoms with Gasteiger partial charge in [0.2, 0.25) is 0 Å². The second-order valence-corrected chi connectivity index (χ2v) is 9.65. The monoisotopic (exact) mass is 494 g/mol. The molecule has 0 radical (unpaired) electrons. The van der Waals surface area contributed by atoms with Crippen molar-refractivity contribution in [3.8, 4) is 28.4 Å². The van der Waals surface area contributed by atoms with E-state index in [2.05, 4.69) is 10.2 Å². The summed E-state index contributed by atoms with van der Waals surface area (Å²) in [4.78, 5) is 24.8. The van der Waals surface area contributed by atoms with Crippen LogP contribution >= 0.6 is 11.3 Å². The molecular weight excluding hydrogens is 472 g/mol. The van der Waals surface area contributed by atoms with Crippen molar-refractivity contribution in [3.63, 3.8) is 0 Å². The molecule has 4 heterocycles. The SMILES string of the molecule is COc1ccc2c(c1)OC(c1cnn(C(=O)OC(C)(C)C)c1)c1c(C(=O)O)nn(-c3ccsc3)c1-2. The predicted octanol–water partition coefficient (Wildman–Crippen LogP) is 4.77. The number of rotatable bonds is 4. The fourth-order valence-corrected chi connectivity index (χ4v) is 4.50. The maximum atomic E-state index is 12.5. The van der Waals surface area contributed by atoms with Crippen LogP contribution in [0.3, 0.4) is 0 Å². The van der Waals surface area contributed by atoms with Gasteiger partial charge in [0, 0.05) is 28.8 Å². The molecule has 0 fully saturated rings. The van der Waals surface area contributed by atoms with Gasteiger partial charge in [-0.25, -0.2) is 14.3 Å². The molecular formula is C24H22N4O6S. The molecule has 0 spiro atoms. The largest absolute Gasteiger partial charge is 0.497 e. The van der Waals surface area contributed by atoms with E-state index in [1.165, 1.54) is 23.7 Å². The first kappa shape index (κ1) is 22.7. The minimum Gasteiger partial charge on any atom is -0.497 e. The maximum absolute atomic E-state index is 12.5. The van der Waals surface area contributed by atoms with Crippen LogP contribution < -0.4 is 9.47 Å². The number of carboxylic acids is 1. The molecule has 0 bridgehead atoms. The van der Waals surface area contributed by atoms with E-state index in [4.69, 9.17) is 14.2 Å². The molecule has 1 atom stereocenters. The van der Waals surface area contributed by atoms with Gasteiger partial charge in [-0.1, -0.05) is 0 Å². The van der Waals surface area contributed by atoms with Gasteiger partial charge in [0.1, 0.15) is 17.1 Å². The lowest BCUT2D eigenvalue weighted by atomic mass is 9.94. The number of carbonyl (C=O) groups is 2. The van der Waals surface area contributed by atoms with Crippen LogP contribution in [0.4, 0.5) is 4.79 Å². The predicted molar refractivity (Wildman–Crippen MR) is 127 cm³/mol. The van der Waals surface area contributed by atoms with Crippen LogP contribution in [0.2, 0.25) is 0 Å². The Morgan fingerprint density at radius 3 is 2.69 bits per heavy atom. The van der Waals surface area contributed by atoms with Gasteiger partial charge in [0.15, 0.2) is 11.8 Å². The Morgan fingerprint density at radius 1 is 1.23 bits per heavy atom. The molecule has 1 N–H and O–H groups in total. The minimum atomic E-state index is -1.19. The van der Waals surface area contributed by atoms with E-state index in [0.717, 1.165) is 10.4 Å². The van der Waals surface area contributed by atoms with Crippen LogP contribution in [0.25, 0.3) is 16.9 Å². The second-order valence-electron chi connectivity index (χ2n) is 8.87. The third kappa shape index (κ3) is 4.03. The van der Waals surface area contributed by atoms with Gasteiger partial charge < -0.3 is 19.3 Å². The number of nitrogens with zero attached hydrogens (tertiary/aromatic N) is 4. The first-order chi connectivity index (χ1) is 16.7. The zero-order valence-electron chi connectivity index (χ0n) is 19.4. The van der Waals surface area contributed by atoms with Gasteiger partial charge in [-0.05, 0) is 44.4 Å². The van der Waals surface area contributed by atoms with Gasteiger partial charge in [-0.3, -0.25) is 0 Å². The number of carbonyl (C=O) groups excluding carboxylic acids is 1. The fraction of sp³-hybridized carbons (Fsp3) is 0.250. The maximum Gasteiger partial charge on any atom is 0.435 e. The highest BCUT2D eigenvalue weighted by Gasteiger charge is 2.38. The fourth-order valence-electron chi connectivity index (χ4n) is 3.88. The molecule has 180 valence electrons. The number of benzene rings is 1. The Bertz CT molecular complexity index is 1430. The third-order valence-electron chi connectivity index (χ3n) is 5.31. The van der Waals surface area contributed by atoms with E-state index in [1.54, 1.807) is 44.7 Å². The molecule has 10 nitrogen and oxygen atoms in total. The van der Waals surface area contributed by atoms with Gasteiger partial charge in [-0.15, -0.1) is 0 Å². The lowest BCUT2D eigenvalue weighted by molar-refractivity contribution is 0.0513. The summed E-state index contributed by atoms with van der Waals surface area (Å²) in [6.07, 6.45) is 1.38. The molecule has 1 aliphatic heterocycles. The average Bonchev–Trinajstić information content (AvgIpc) is 3.56. The minimum absolute atomic E-state index is 0.150. The molecule has 0 aliphatic carbocycles. The molecule has 0 amide bonds. The summed E-state index contributed by atoms with van der Waals surface area (Å²) in [6, 6.07) is 7.18. The van der Waals surface area contributed by atoms with Crippen molar-refractivity contribution in [1.29, 1.82) is 0 Å². The standard InChI is InChI=1S/C24H22N4O6S/c1-24(2,3)34-23(31)27-11-13(10-25-27)21-18-19(22(29)30)26-28(14-7-8-35-12-14)20(18)16-6-5-15(32-4)9-17(16)33-21/h5-12,21H,1-4H3,(H,29,30). The van der Waals surface area contributed by atoms with Crippen molar-refractivity contribution in [1.82, 2.24) is 19.6 Å². The molecule has 3 aromatic heterocycles. The van der Waals surface area contributed by atoms with E-state index in [-0.39, 0.29) is 5.69 Å². The van der Waals surface area contributed by atoms with Crippen LogP contribution in [0.15, 0.2) is 47.4 Å². The number of thiophene rings is 1. The first-order valence-corrected chi connectivity index (χ1v) is 11.6. The number of carboxylic acid groups (broad SMARTS) is 1. The molecule has 11 heteroatoms. The molecule has 4 aromatic rings. The van der Waals surface area contributed by atoms with E-state index < -0.39 is 23.8 Å². The lowest BCUT2D eigenvalue weighted by Crippen LogP contribution is -2.27. The molecule has 35 heavy (non-hydrogen) atoms. The molecule has 5 rings (SSSR count). The Morgan fingerprint density at radius 2 is 2.03 bits per heavy atom. The number of methoxy groups -OCH3 is 1. The molecule has 1 unspecified atom stereocenters. The Balaban J connectivity index is 1.69. The van der Waals surface area contributed by atoms with Crippen LogP contribution in [0, 0.1) is 0 Å². The first-order valence-electron chi connectivity index (χ1n) is 10.7. The lowest BCUT2D eigenvalue weighted by Gasteiger charge is -2.27. The third-order valence-corrected chi connectivity index (χ3v) is 5.98. The van der Waals surface area contributed by atoms with Crippen molar-refractivity contribution < 1.29 is 28.9 Å². The molecule has 1 aromatic carbocycles. The number of hydrogen-bond donors (Lipinski definition) is 1. The summed E-state index contributed by atoms with van der Waals surface area (Å²) in [5.74, 6) is -0.129. The normalized spacial score (nSPS) is 14.6. The highest BCUT2D eigenvalue weighted by molar-refractivity contribution is 7.08. The Hall–Kier alpha value is -4.12. The van der Waals surface area contributed by atoms with E-state index >= 15 is 0 Å². The van der Waals surface area contributed by atoms with Gasteiger partial charge >= 0.3 is 12.1 Å². The zero-order valence-corrected chi connectivity index (χ0v) is 20.2. The van der Waals surface area contributed by atoms with E-state index in [1.807, 2.05) is 22.9 Å². The number of ether oxygens (including phenoxy) is 3. The van der Waals surface area contributed by atoms with Gasteiger partial charge in [0.25, 0.3) is 0 Å². The van der Waals surface area contributed by atoms with Crippen molar-refractivity contribution in [3.05, 3.63) is 64.2 Å². The van der Waals surface area contributed by atoms with Crippen molar-refractivity contribution in [2.24, 2.45) is 0 Å². The van der Waals surface area contributed by atoms with E-state index in [0.29, 0.717) is 33.9 Å². The molecule has 0 saturated heterocycles. The summed E-state index contributed by atoms with van der Waals surface area (Å²) in [5.41, 5.74) is 1.96. The molecule has 1 aliphatic rings. The second kappa shape index (κ2) is 8.27. The summed E-state index contributed by atoms with van der Waals surface area (Å²) in [6.45, 7) is 5.27. The van der Waals surface area contributed by atoms with Crippen molar-refractivity contribution in [2.45, 2.75) is 32.5 Å². The summed E-state index contributed by atoms with van der Waals surface area (Å²) >= 11 is 1.47. The van der Waals surface area contributed by atoms with Crippen molar-refractivity contribution >= 4 is 23.4 Å². The number of aromatic carboxylic acids is 1. The van der Waals surface area contributed by atoms with Crippen LogP contribution in [-0.4, -0.2) is 49.4 Å². The number of aromatic nitrogens is 4. The summed E-state index contributed by atoms with van der Waals surface area (Å²) < 4.78 is 19.7.